The monoisotopic (exact) mass is 299 g/mol. The summed E-state index contributed by atoms with van der Waals surface area (Å²) in [5.41, 5.74) is 1.08. The van der Waals surface area contributed by atoms with Crippen LogP contribution in [0, 0.1) is 0 Å². The lowest BCUT2D eigenvalue weighted by atomic mass is 10.3. The minimum absolute atomic E-state index is 0.116. The highest BCUT2D eigenvalue weighted by Gasteiger charge is 2.09. The van der Waals surface area contributed by atoms with E-state index in [4.69, 9.17) is 29.2 Å². The van der Waals surface area contributed by atoms with Gasteiger partial charge in [-0.05, 0) is 38.2 Å². The van der Waals surface area contributed by atoms with Crippen LogP contribution in [0.2, 0.25) is 0 Å². The Labute approximate surface area is 124 Å². The van der Waals surface area contributed by atoms with E-state index in [1.165, 1.54) is 11.8 Å². The van der Waals surface area contributed by atoms with Crippen LogP contribution in [-0.4, -0.2) is 28.3 Å². The van der Waals surface area contributed by atoms with Crippen LogP contribution in [-0.2, 0) is 4.74 Å². The van der Waals surface area contributed by atoms with E-state index in [2.05, 4.69) is 0 Å². The molecule has 0 bridgehead atoms. The van der Waals surface area contributed by atoms with Crippen molar-refractivity contribution in [3.8, 4) is 0 Å². The standard InChI is InChI=1S/C13H17NOS3/c1-10(2)15-13(17)18-9-12(16)14(3)11-7-5-4-6-8-11/h4-8,10H,9H2,1-3H3. The number of benzene rings is 1. The Kier molecular flexibility index (Phi) is 6.60. The number of ether oxygens (including phenoxy) is 1. The minimum Gasteiger partial charge on any atom is -0.476 e. The van der Waals surface area contributed by atoms with Crippen molar-refractivity contribution < 1.29 is 4.74 Å². The highest BCUT2D eigenvalue weighted by Crippen LogP contribution is 2.15. The van der Waals surface area contributed by atoms with Crippen LogP contribution in [0.1, 0.15) is 13.8 Å². The molecule has 0 heterocycles. The van der Waals surface area contributed by atoms with Crippen LogP contribution < -0.4 is 4.90 Å². The molecular formula is C13H17NOS3. The summed E-state index contributed by atoms with van der Waals surface area (Å²) in [4.78, 5) is 2.82. The Morgan fingerprint density at radius 2 is 1.89 bits per heavy atom. The quantitative estimate of drug-likeness (QED) is 0.780. The molecule has 0 radical (unpaired) electrons. The first-order valence-corrected chi connectivity index (χ1v) is 7.46. The Hall–Kier alpha value is -0.650. The number of anilines is 1. The zero-order valence-electron chi connectivity index (χ0n) is 10.8. The lowest BCUT2D eigenvalue weighted by molar-refractivity contribution is 0.243. The van der Waals surface area contributed by atoms with Crippen LogP contribution in [0.3, 0.4) is 0 Å². The van der Waals surface area contributed by atoms with Gasteiger partial charge in [0.05, 0.1) is 16.8 Å². The highest BCUT2D eigenvalue weighted by atomic mass is 32.2. The molecule has 1 aromatic rings. The van der Waals surface area contributed by atoms with Gasteiger partial charge in [-0.1, -0.05) is 42.2 Å². The fraction of sp³-hybridized carbons (Fsp3) is 0.385. The molecule has 5 heteroatoms. The van der Waals surface area contributed by atoms with Gasteiger partial charge in [0.15, 0.2) is 0 Å². The van der Waals surface area contributed by atoms with Gasteiger partial charge < -0.3 is 9.64 Å². The molecule has 0 atom stereocenters. The van der Waals surface area contributed by atoms with E-state index < -0.39 is 0 Å². The van der Waals surface area contributed by atoms with Gasteiger partial charge in [0.25, 0.3) is 0 Å². The van der Waals surface area contributed by atoms with Gasteiger partial charge >= 0.3 is 0 Å². The summed E-state index contributed by atoms with van der Waals surface area (Å²) >= 11 is 12.0. The average Bonchev–Trinajstić information content (AvgIpc) is 2.35. The molecule has 0 saturated carbocycles. The summed E-state index contributed by atoms with van der Waals surface area (Å²) in [7, 11) is 1.96. The summed E-state index contributed by atoms with van der Waals surface area (Å²) in [5.74, 6) is 0.659. The molecule has 0 amide bonds. The molecule has 1 rings (SSSR count). The van der Waals surface area contributed by atoms with Crippen LogP contribution in [0.5, 0.6) is 0 Å². The van der Waals surface area contributed by atoms with E-state index in [0.717, 1.165) is 10.7 Å². The second-order valence-electron chi connectivity index (χ2n) is 3.99. The van der Waals surface area contributed by atoms with Gasteiger partial charge in [0, 0.05) is 12.7 Å². The molecule has 0 N–H and O–H groups in total. The van der Waals surface area contributed by atoms with Crippen molar-refractivity contribution in [2.45, 2.75) is 20.0 Å². The van der Waals surface area contributed by atoms with Crippen molar-refractivity contribution in [3.05, 3.63) is 30.3 Å². The average molecular weight is 299 g/mol. The zero-order chi connectivity index (χ0) is 13.5. The molecule has 2 nitrogen and oxygen atoms in total. The van der Waals surface area contributed by atoms with E-state index >= 15 is 0 Å². The van der Waals surface area contributed by atoms with Crippen molar-refractivity contribution in [2.24, 2.45) is 0 Å². The van der Waals surface area contributed by atoms with E-state index in [-0.39, 0.29) is 6.10 Å². The van der Waals surface area contributed by atoms with E-state index in [1.807, 2.05) is 56.1 Å². The second kappa shape index (κ2) is 7.71. The van der Waals surface area contributed by atoms with Crippen LogP contribution in [0.15, 0.2) is 30.3 Å². The maximum absolute atomic E-state index is 5.40. The SMILES string of the molecule is CC(C)OC(=S)SCC(=S)N(C)c1ccccc1. The van der Waals surface area contributed by atoms with Crippen LogP contribution in [0.4, 0.5) is 5.69 Å². The number of hydrogen-bond acceptors (Lipinski definition) is 4. The molecule has 0 saturated heterocycles. The summed E-state index contributed by atoms with van der Waals surface area (Å²) in [5, 5.41) is 0. The third-order valence-electron chi connectivity index (χ3n) is 2.16. The number of nitrogens with zero attached hydrogens (tertiary/aromatic N) is 1. The van der Waals surface area contributed by atoms with Crippen molar-refractivity contribution in [2.75, 3.05) is 17.7 Å². The van der Waals surface area contributed by atoms with Crippen molar-refractivity contribution in [3.63, 3.8) is 0 Å². The normalized spacial score (nSPS) is 10.2. The molecule has 0 unspecified atom stereocenters. The summed E-state index contributed by atoms with van der Waals surface area (Å²) in [6.45, 7) is 3.92. The maximum Gasteiger partial charge on any atom is 0.220 e. The van der Waals surface area contributed by atoms with E-state index in [1.54, 1.807) is 0 Å². The first-order chi connectivity index (χ1) is 8.50. The van der Waals surface area contributed by atoms with Crippen molar-refractivity contribution >= 4 is 51.3 Å². The van der Waals surface area contributed by atoms with Crippen LogP contribution in [0.25, 0.3) is 0 Å². The number of thioether (sulfide) groups is 1. The maximum atomic E-state index is 5.40. The topological polar surface area (TPSA) is 12.5 Å². The lowest BCUT2D eigenvalue weighted by Gasteiger charge is -2.20. The number of para-hydroxylation sites is 1. The van der Waals surface area contributed by atoms with E-state index in [9.17, 15) is 0 Å². The molecule has 98 valence electrons. The number of thiocarbonyl (C=S) groups is 2. The highest BCUT2D eigenvalue weighted by molar-refractivity contribution is 8.23. The smallest absolute Gasteiger partial charge is 0.220 e. The molecule has 0 spiro atoms. The van der Waals surface area contributed by atoms with Crippen LogP contribution >= 0.6 is 36.2 Å². The van der Waals surface area contributed by atoms with Crippen molar-refractivity contribution in [1.82, 2.24) is 0 Å². The number of hydrogen-bond donors (Lipinski definition) is 0. The predicted octanol–water partition coefficient (Wildman–Crippen LogP) is 3.89. The minimum atomic E-state index is 0.116. The van der Waals surface area contributed by atoms with Gasteiger partial charge in [-0.2, -0.15) is 0 Å². The summed E-state index contributed by atoms with van der Waals surface area (Å²) in [6, 6.07) is 10.0. The fourth-order valence-electron chi connectivity index (χ4n) is 1.24. The van der Waals surface area contributed by atoms with Gasteiger partial charge in [-0.15, -0.1) is 0 Å². The zero-order valence-corrected chi connectivity index (χ0v) is 13.2. The van der Waals surface area contributed by atoms with Gasteiger partial charge in [-0.3, -0.25) is 0 Å². The molecule has 18 heavy (non-hydrogen) atoms. The molecule has 1 aromatic carbocycles. The Morgan fingerprint density at radius 1 is 1.28 bits per heavy atom. The first-order valence-electron chi connectivity index (χ1n) is 5.65. The molecule has 0 aromatic heterocycles. The molecular weight excluding hydrogens is 282 g/mol. The Bertz CT molecular complexity index is 406. The molecule has 0 aliphatic rings. The third kappa shape index (κ3) is 5.33. The predicted molar refractivity (Wildman–Crippen MR) is 88.7 cm³/mol. The Balaban J connectivity index is 2.44. The summed E-state index contributed by atoms with van der Waals surface area (Å²) < 4.78 is 5.95. The van der Waals surface area contributed by atoms with Gasteiger partial charge in [0.1, 0.15) is 0 Å². The lowest BCUT2D eigenvalue weighted by Crippen LogP contribution is -2.26. The number of rotatable bonds is 4. The third-order valence-corrected chi connectivity index (χ3v) is 3.96. The van der Waals surface area contributed by atoms with Crippen molar-refractivity contribution in [1.29, 1.82) is 0 Å². The first kappa shape index (κ1) is 15.4. The van der Waals surface area contributed by atoms with Gasteiger partial charge in [-0.25, -0.2) is 0 Å². The van der Waals surface area contributed by atoms with E-state index in [0.29, 0.717) is 10.1 Å². The fourth-order valence-corrected chi connectivity index (χ4v) is 2.59. The largest absolute Gasteiger partial charge is 0.476 e. The molecule has 0 aliphatic heterocycles. The molecule has 0 aliphatic carbocycles. The Morgan fingerprint density at radius 3 is 2.44 bits per heavy atom. The molecule has 0 fully saturated rings. The van der Waals surface area contributed by atoms with Gasteiger partial charge in [0.2, 0.25) is 4.38 Å². The second-order valence-corrected chi connectivity index (χ2v) is 6.04. The summed E-state index contributed by atoms with van der Waals surface area (Å²) in [6.07, 6.45) is 0.116.